The minimum atomic E-state index is -1.60. The minimum Gasteiger partial charge on any atom is -0.480 e. The Morgan fingerprint density at radius 2 is 1.50 bits per heavy atom. The van der Waals surface area contributed by atoms with E-state index in [1.54, 1.807) is 0 Å². The minimum absolute atomic E-state index is 0.498. The molecular formula is C11H14N6O7. The fraction of sp³-hybridized carbons (Fsp3) is 0.273. The highest BCUT2D eigenvalue weighted by Crippen LogP contribution is 2.13. The third-order valence-electron chi connectivity index (χ3n) is 2.57. The van der Waals surface area contributed by atoms with Gasteiger partial charge in [-0.05, 0) is 0 Å². The highest BCUT2D eigenvalue weighted by molar-refractivity contribution is 6.02. The predicted octanol–water partition coefficient (Wildman–Crippen LogP) is -3.37. The van der Waals surface area contributed by atoms with Crippen molar-refractivity contribution in [2.45, 2.75) is 6.04 Å². The molecule has 0 aliphatic carbocycles. The van der Waals surface area contributed by atoms with E-state index in [1.165, 1.54) is 0 Å². The highest BCUT2D eigenvalue weighted by Gasteiger charge is 2.24. The van der Waals surface area contributed by atoms with Crippen LogP contribution in [-0.4, -0.2) is 68.2 Å². The Morgan fingerprint density at radius 1 is 1.00 bits per heavy atom. The number of nitrogens with zero attached hydrogens (tertiary/aromatic N) is 2. The second kappa shape index (κ2) is 7.68. The number of nitrogens with two attached hydrogens (primary N) is 2. The molecule has 0 spiro atoms. The fourth-order valence-corrected chi connectivity index (χ4v) is 1.45. The predicted molar refractivity (Wildman–Crippen MR) is 76.8 cm³/mol. The zero-order valence-electron chi connectivity index (χ0n) is 12.0. The summed E-state index contributed by atoms with van der Waals surface area (Å²) < 4.78 is 0. The van der Waals surface area contributed by atoms with Crippen molar-refractivity contribution in [3.05, 3.63) is 11.4 Å². The summed E-state index contributed by atoms with van der Waals surface area (Å²) in [6.45, 7) is -1.57. The molecule has 9 N–H and O–H groups in total. The van der Waals surface area contributed by atoms with Gasteiger partial charge in [-0.15, -0.1) is 0 Å². The fourth-order valence-electron chi connectivity index (χ4n) is 1.45. The number of nitrogens with one attached hydrogen (secondary N) is 2. The molecule has 130 valence electrons. The number of carboxylic acid groups (broad SMARTS) is 2. The quantitative estimate of drug-likeness (QED) is 0.258. The number of anilines is 2. The molecule has 0 saturated carbocycles. The standard InChI is InChI=1S/C11H14N6O7/c12-7-5(9(21)14-1-4(19)20)16-8(13)6(17-7)10(22)15-3(2-18)11(23)24/h3,18H,1-2H2,(H2,12,17)(H2,13,16)(H,14,21)(H,15,22)(H,19,20)(H,23,24)/t3-/m0/s1. The van der Waals surface area contributed by atoms with Crippen molar-refractivity contribution in [3.8, 4) is 0 Å². The number of hydrogen-bond donors (Lipinski definition) is 7. The van der Waals surface area contributed by atoms with Crippen LogP contribution in [0.25, 0.3) is 0 Å². The molecule has 0 aromatic carbocycles. The van der Waals surface area contributed by atoms with E-state index >= 15 is 0 Å². The van der Waals surface area contributed by atoms with Gasteiger partial charge in [0.25, 0.3) is 11.8 Å². The van der Waals surface area contributed by atoms with Crippen LogP contribution in [0.2, 0.25) is 0 Å². The zero-order chi connectivity index (χ0) is 18.4. The number of hydrogen-bond acceptors (Lipinski definition) is 9. The van der Waals surface area contributed by atoms with Crippen molar-refractivity contribution in [3.63, 3.8) is 0 Å². The molecule has 1 atom stereocenters. The maximum atomic E-state index is 11.9. The van der Waals surface area contributed by atoms with E-state index in [9.17, 15) is 19.2 Å². The van der Waals surface area contributed by atoms with Crippen molar-refractivity contribution in [1.29, 1.82) is 0 Å². The Balaban J connectivity index is 3.02. The molecule has 1 rings (SSSR count). The maximum absolute atomic E-state index is 11.9. The number of nitrogen functional groups attached to an aromatic ring is 2. The summed E-state index contributed by atoms with van der Waals surface area (Å²) in [7, 11) is 0. The number of aliphatic hydroxyl groups excluding tert-OH is 1. The van der Waals surface area contributed by atoms with Gasteiger partial charge in [-0.3, -0.25) is 14.4 Å². The van der Waals surface area contributed by atoms with E-state index in [2.05, 4.69) is 9.97 Å². The van der Waals surface area contributed by atoms with E-state index in [-0.39, 0.29) is 0 Å². The van der Waals surface area contributed by atoms with E-state index in [0.717, 1.165) is 0 Å². The lowest BCUT2D eigenvalue weighted by atomic mass is 10.2. The first-order valence-corrected chi connectivity index (χ1v) is 6.24. The smallest absolute Gasteiger partial charge is 0.328 e. The number of carboxylic acids is 2. The summed E-state index contributed by atoms with van der Waals surface area (Å²) in [6.07, 6.45) is 0. The van der Waals surface area contributed by atoms with Crippen LogP contribution in [0.5, 0.6) is 0 Å². The van der Waals surface area contributed by atoms with Crippen molar-refractivity contribution in [2.75, 3.05) is 24.6 Å². The summed E-state index contributed by atoms with van der Waals surface area (Å²) in [5.74, 6) is -5.90. The SMILES string of the molecule is Nc1nc(C(=O)N[C@@H](CO)C(=O)O)c(N)nc1C(=O)NCC(=O)O. The van der Waals surface area contributed by atoms with Crippen LogP contribution < -0.4 is 22.1 Å². The lowest BCUT2D eigenvalue weighted by Gasteiger charge is -2.13. The molecule has 1 aromatic heterocycles. The lowest BCUT2D eigenvalue weighted by Crippen LogP contribution is -2.44. The largest absolute Gasteiger partial charge is 0.480 e. The Hall–Kier alpha value is -3.48. The van der Waals surface area contributed by atoms with Crippen LogP contribution in [0.1, 0.15) is 21.0 Å². The number of amides is 2. The number of carbonyl (C=O) groups excluding carboxylic acids is 2. The van der Waals surface area contributed by atoms with Gasteiger partial charge >= 0.3 is 11.9 Å². The van der Waals surface area contributed by atoms with Gasteiger partial charge in [-0.25, -0.2) is 14.8 Å². The lowest BCUT2D eigenvalue weighted by molar-refractivity contribution is -0.140. The van der Waals surface area contributed by atoms with Gasteiger partial charge in [0.15, 0.2) is 29.1 Å². The van der Waals surface area contributed by atoms with E-state index in [1.807, 2.05) is 10.6 Å². The second-order valence-corrected chi connectivity index (χ2v) is 4.31. The van der Waals surface area contributed by atoms with Crippen LogP contribution in [-0.2, 0) is 9.59 Å². The maximum Gasteiger partial charge on any atom is 0.328 e. The third-order valence-corrected chi connectivity index (χ3v) is 2.57. The van der Waals surface area contributed by atoms with Crippen LogP contribution in [0.15, 0.2) is 0 Å². The van der Waals surface area contributed by atoms with Gasteiger partial charge in [-0.1, -0.05) is 0 Å². The van der Waals surface area contributed by atoms with E-state index in [0.29, 0.717) is 0 Å². The molecule has 0 aliphatic heterocycles. The number of carbonyl (C=O) groups is 4. The molecule has 13 nitrogen and oxygen atoms in total. The van der Waals surface area contributed by atoms with Gasteiger partial charge in [0, 0.05) is 0 Å². The molecule has 24 heavy (non-hydrogen) atoms. The summed E-state index contributed by atoms with van der Waals surface area (Å²) in [6, 6.07) is -1.60. The van der Waals surface area contributed by atoms with Crippen molar-refractivity contribution in [1.82, 2.24) is 20.6 Å². The molecule has 0 aliphatic rings. The van der Waals surface area contributed by atoms with Gasteiger partial charge < -0.3 is 37.4 Å². The van der Waals surface area contributed by atoms with Crippen LogP contribution >= 0.6 is 0 Å². The van der Waals surface area contributed by atoms with Gasteiger partial charge in [0.1, 0.15) is 6.54 Å². The van der Waals surface area contributed by atoms with E-state index in [4.69, 9.17) is 26.8 Å². The summed E-state index contributed by atoms with van der Waals surface area (Å²) in [5.41, 5.74) is 9.91. The molecule has 13 heteroatoms. The monoisotopic (exact) mass is 342 g/mol. The molecule has 2 amide bonds. The van der Waals surface area contributed by atoms with Crippen molar-refractivity contribution < 1.29 is 34.5 Å². The Morgan fingerprint density at radius 3 is 1.92 bits per heavy atom. The number of rotatable bonds is 7. The van der Waals surface area contributed by atoms with Crippen LogP contribution in [0.4, 0.5) is 11.6 Å². The zero-order valence-corrected chi connectivity index (χ0v) is 12.0. The summed E-state index contributed by atoms with van der Waals surface area (Å²) in [4.78, 5) is 51.8. The second-order valence-electron chi connectivity index (χ2n) is 4.31. The Kier molecular flexibility index (Phi) is 5.94. The topological polar surface area (TPSA) is 231 Å². The number of aliphatic hydroxyl groups is 1. The van der Waals surface area contributed by atoms with Gasteiger partial charge in [0.2, 0.25) is 0 Å². The first-order valence-electron chi connectivity index (χ1n) is 6.24. The molecule has 0 radical (unpaired) electrons. The van der Waals surface area contributed by atoms with Gasteiger partial charge in [0.05, 0.1) is 6.61 Å². The van der Waals surface area contributed by atoms with Crippen molar-refractivity contribution >= 4 is 35.4 Å². The molecule has 0 bridgehead atoms. The molecule has 1 aromatic rings. The summed E-state index contributed by atoms with van der Waals surface area (Å²) >= 11 is 0. The highest BCUT2D eigenvalue weighted by atomic mass is 16.4. The normalized spacial score (nSPS) is 11.4. The number of aromatic nitrogens is 2. The summed E-state index contributed by atoms with van der Waals surface area (Å²) in [5, 5.41) is 30.0. The molecule has 0 unspecified atom stereocenters. The molecule has 0 fully saturated rings. The molecule has 1 heterocycles. The Bertz CT molecular complexity index is 692. The third kappa shape index (κ3) is 4.51. The van der Waals surface area contributed by atoms with E-state index < -0.39 is 66.0 Å². The van der Waals surface area contributed by atoms with Crippen molar-refractivity contribution in [2.24, 2.45) is 0 Å². The number of aliphatic carboxylic acids is 2. The molecular weight excluding hydrogens is 328 g/mol. The van der Waals surface area contributed by atoms with Gasteiger partial charge in [-0.2, -0.15) is 0 Å². The first-order chi connectivity index (χ1) is 11.2. The first kappa shape index (κ1) is 18.6. The van der Waals surface area contributed by atoms with Crippen LogP contribution in [0.3, 0.4) is 0 Å². The average molecular weight is 342 g/mol. The van der Waals surface area contributed by atoms with Crippen LogP contribution in [0, 0.1) is 0 Å². The average Bonchev–Trinajstić information content (AvgIpc) is 2.51. The molecule has 0 saturated heterocycles. The Labute approximate surface area is 133 Å².